The van der Waals surface area contributed by atoms with E-state index in [0.717, 1.165) is 57.9 Å². The van der Waals surface area contributed by atoms with E-state index < -0.39 is 11.2 Å². The van der Waals surface area contributed by atoms with Gasteiger partial charge >= 0.3 is 12.2 Å². The summed E-state index contributed by atoms with van der Waals surface area (Å²) in [6, 6.07) is 1.72. The molecule has 0 saturated heterocycles. The summed E-state index contributed by atoms with van der Waals surface area (Å²) in [6.07, 6.45) is 9.76. The smallest absolute Gasteiger partial charge is 0.410 e. The highest BCUT2D eigenvalue weighted by Gasteiger charge is 2.31. The monoisotopic (exact) mass is 608 g/mol. The Morgan fingerprint density at radius 1 is 0.905 bits per heavy atom. The lowest BCUT2D eigenvalue weighted by atomic mass is 9.81. The number of nitrogens with two attached hydrogens (primary N) is 1. The average molecular weight is 609 g/mol. The maximum atomic E-state index is 13.3. The van der Waals surface area contributed by atoms with Gasteiger partial charge in [-0.3, -0.25) is 0 Å². The molecule has 0 bridgehead atoms. The van der Waals surface area contributed by atoms with Crippen LogP contribution in [-0.2, 0) is 9.47 Å². The molecule has 10 nitrogen and oxygen atoms in total. The Balaban J connectivity index is 1.56. The molecule has 42 heavy (non-hydrogen) atoms. The van der Waals surface area contributed by atoms with E-state index in [0.29, 0.717) is 54.8 Å². The van der Waals surface area contributed by atoms with Crippen LogP contribution < -0.4 is 11.1 Å². The molecule has 0 aromatic carbocycles. The van der Waals surface area contributed by atoms with Gasteiger partial charge in [-0.2, -0.15) is 4.98 Å². The zero-order valence-electron chi connectivity index (χ0n) is 26.6. The number of hydrogen-bond acceptors (Lipinski definition) is 8. The molecule has 0 unspecified atom stereocenters. The Morgan fingerprint density at radius 2 is 1.50 bits per heavy atom. The molecule has 2 amide bonds. The minimum Gasteiger partial charge on any atom is -0.444 e. The lowest BCUT2D eigenvalue weighted by molar-refractivity contribution is 0.00904. The molecule has 0 spiro atoms. The third-order valence-electron chi connectivity index (χ3n) is 7.83. The van der Waals surface area contributed by atoms with Crippen molar-refractivity contribution in [2.45, 2.75) is 123 Å². The Morgan fingerprint density at radius 3 is 2.10 bits per heavy atom. The van der Waals surface area contributed by atoms with Crippen molar-refractivity contribution in [2.75, 3.05) is 37.2 Å². The van der Waals surface area contributed by atoms with Crippen molar-refractivity contribution in [2.24, 2.45) is 11.8 Å². The lowest BCUT2D eigenvalue weighted by Gasteiger charge is -2.37. The predicted molar refractivity (Wildman–Crippen MR) is 168 cm³/mol. The molecule has 3 rings (SSSR count). The van der Waals surface area contributed by atoms with Crippen molar-refractivity contribution < 1.29 is 19.1 Å². The Labute approximate surface area is 257 Å². The second-order valence-corrected chi connectivity index (χ2v) is 14.3. The first-order valence-corrected chi connectivity index (χ1v) is 16.1. The van der Waals surface area contributed by atoms with Crippen LogP contribution in [0.15, 0.2) is 6.07 Å². The second kappa shape index (κ2) is 15.3. The molecule has 0 aliphatic heterocycles. The third kappa shape index (κ3) is 12.0. The van der Waals surface area contributed by atoms with Gasteiger partial charge < -0.3 is 30.3 Å². The van der Waals surface area contributed by atoms with Crippen LogP contribution in [0.4, 0.5) is 21.4 Å². The molecule has 2 aliphatic carbocycles. The number of amides is 2. The second-order valence-electron chi connectivity index (χ2n) is 14.0. The van der Waals surface area contributed by atoms with Gasteiger partial charge in [-0.25, -0.2) is 14.6 Å². The maximum Gasteiger partial charge on any atom is 0.410 e. The van der Waals surface area contributed by atoms with E-state index in [2.05, 4.69) is 15.3 Å². The summed E-state index contributed by atoms with van der Waals surface area (Å²) in [5.41, 5.74) is 4.66. The average Bonchev–Trinajstić information content (AvgIpc) is 2.88. The van der Waals surface area contributed by atoms with E-state index in [4.69, 9.17) is 26.8 Å². The first kappa shape index (κ1) is 34.0. The molecule has 0 radical (unpaired) electrons. The molecule has 238 valence electrons. The van der Waals surface area contributed by atoms with Crippen LogP contribution in [0, 0.1) is 11.8 Å². The summed E-state index contributed by atoms with van der Waals surface area (Å²) >= 11 is 6.00. The highest BCUT2D eigenvalue weighted by Crippen LogP contribution is 2.30. The zero-order chi connectivity index (χ0) is 30.9. The van der Waals surface area contributed by atoms with Crippen LogP contribution in [-0.4, -0.2) is 75.4 Å². The molecule has 1 aromatic heterocycles. The molecule has 2 fully saturated rings. The SMILES string of the molecule is CC(C)(C)OC(=O)N(CCCN(C(=O)OC(C)(C)C)C1CCCCC1)C[C@H]1CC[C@@H](CNc2nc(N)cc(Cl)n2)CC1. The van der Waals surface area contributed by atoms with Crippen molar-refractivity contribution in [3.63, 3.8) is 0 Å². The van der Waals surface area contributed by atoms with E-state index in [1.165, 1.54) is 12.5 Å². The number of anilines is 2. The number of ether oxygens (including phenoxy) is 2. The summed E-state index contributed by atoms with van der Waals surface area (Å²) in [7, 11) is 0. The topological polar surface area (TPSA) is 123 Å². The quantitative estimate of drug-likeness (QED) is 0.269. The summed E-state index contributed by atoms with van der Waals surface area (Å²) in [4.78, 5) is 38.6. The first-order valence-electron chi connectivity index (χ1n) is 15.7. The minimum absolute atomic E-state index is 0.196. The van der Waals surface area contributed by atoms with Gasteiger partial charge in [-0.15, -0.1) is 0 Å². The van der Waals surface area contributed by atoms with Gasteiger partial charge in [0.1, 0.15) is 22.2 Å². The van der Waals surface area contributed by atoms with Crippen LogP contribution in [0.3, 0.4) is 0 Å². The Bertz CT molecular complexity index is 993. The number of halogens is 1. The molecular formula is C31H53ClN6O4. The van der Waals surface area contributed by atoms with Crippen LogP contribution >= 0.6 is 11.6 Å². The van der Waals surface area contributed by atoms with Gasteiger partial charge in [0.15, 0.2) is 0 Å². The summed E-state index contributed by atoms with van der Waals surface area (Å²) in [5, 5.41) is 3.59. The molecule has 2 aliphatic rings. The normalized spacial score (nSPS) is 20.1. The van der Waals surface area contributed by atoms with Crippen LogP contribution in [0.25, 0.3) is 0 Å². The number of aromatic nitrogens is 2. The van der Waals surface area contributed by atoms with Crippen molar-refractivity contribution >= 4 is 35.6 Å². The van der Waals surface area contributed by atoms with Crippen molar-refractivity contribution in [3.8, 4) is 0 Å². The highest BCUT2D eigenvalue weighted by molar-refractivity contribution is 6.29. The summed E-state index contributed by atoms with van der Waals surface area (Å²) < 4.78 is 11.6. The Kier molecular flexibility index (Phi) is 12.4. The van der Waals surface area contributed by atoms with E-state index in [9.17, 15) is 9.59 Å². The highest BCUT2D eigenvalue weighted by atomic mass is 35.5. The van der Waals surface area contributed by atoms with Crippen molar-refractivity contribution in [1.29, 1.82) is 0 Å². The molecule has 0 atom stereocenters. The number of nitrogen functional groups attached to an aromatic ring is 1. The lowest BCUT2D eigenvalue weighted by Crippen LogP contribution is -2.46. The third-order valence-corrected chi connectivity index (χ3v) is 8.02. The van der Waals surface area contributed by atoms with Crippen molar-refractivity contribution in [1.82, 2.24) is 19.8 Å². The van der Waals surface area contributed by atoms with Gasteiger partial charge in [-0.05, 0) is 98.3 Å². The first-order chi connectivity index (χ1) is 19.7. The number of nitrogens with one attached hydrogen (secondary N) is 1. The van der Waals surface area contributed by atoms with Crippen LogP contribution in [0.2, 0.25) is 5.15 Å². The van der Waals surface area contributed by atoms with Gasteiger partial charge in [-0.1, -0.05) is 30.9 Å². The predicted octanol–water partition coefficient (Wildman–Crippen LogP) is 7.13. The zero-order valence-corrected chi connectivity index (χ0v) is 27.3. The number of hydrogen-bond donors (Lipinski definition) is 2. The summed E-state index contributed by atoms with van der Waals surface area (Å²) in [6.45, 7) is 13.9. The van der Waals surface area contributed by atoms with E-state index in [1.807, 2.05) is 51.3 Å². The molecule has 3 N–H and O–H groups in total. The van der Waals surface area contributed by atoms with Crippen molar-refractivity contribution in [3.05, 3.63) is 11.2 Å². The Hall–Kier alpha value is -2.49. The minimum atomic E-state index is -0.574. The van der Waals surface area contributed by atoms with Crippen LogP contribution in [0.1, 0.15) is 106 Å². The van der Waals surface area contributed by atoms with Gasteiger partial charge in [0.25, 0.3) is 0 Å². The van der Waals surface area contributed by atoms with Gasteiger partial charge in [0, 0.05) is 38.3 Å². The van der Waals surface area contributed by atoms with Gasteiger partial charge in [0.2, 0.25) is 5.95 Å². The number of carbonyl (C=O) groups excluding carboxylic acids is 2. The molecule has 11 heteroatoms. The molecule has 2 saturated carbocycles. The van der Waals surface area contributed by atoms with Crippen LogP contribution in [0.5, 0.6) is 0 Å². The summed E-state index contributed by atoms with van der Waals surface area (Å²) in [5.74, 6) is 1.67. The maximum absolute atomic E-state index is 13.3. The van der Waals surface area contributed by atoms with E-state index >= 15 is 0 Å². The van der Waals surface area contributed by atoms with E-state index in [-0.39, 0.29) is 18.2 Å². The number of rotatable bonds is 10. The standard InChI is InChI=1S/C31H53ClN6O4/c1-30(2,3)41-28(39)37(17-10-18-38(24-11-8-7-9-12-24)29(40)42-31(4,5)6)21-23-15-13-22(14-16-23)20-34-27-35-25(32)19-26(33)36-27/h19,22-24H,7-18,20-21H2,1-6H3,(H3,33,34,35,36)/t22-,23+. The largest absolute Gasteiger partial charge is 0.444 e. The molecule has 1 heterocycles. The molecule has 1 aromatic rings. The fourth-order valence-corrected chi connectivity index (χ4v) is 6.02. The molecular weight excluding hydrogens is 556 g/mol. The fourth-order valence-electron chi connectivity index (χ4n) is 5.83. The van der Waals surface area contributed by atoms with Gasteiger partial charge in [0.05, 0.1) is 0 Å². The van der Waals surface area contributed by atoms with E-state index in [1.54, 1.807) is 0 Å². The number of carbonyl (C=O) groups is 2. The fraction of sp³-hybridized carbons (Fsp3) is 0.806. The number of nitrogens with zero attached hydrogens (tertiary/aromatic N) is 4.